The minimum atomic E-state index is -0.111. The molecule has 7 rings (SSSR count). The van der Waals surface area contributed by atoms with E-state index in [1.807, 2.05) is 6.07 Å². The summed E-state index contributed by atoms with van der Waals surface area (Å²) < 4.78 is 18.9. The zero-order chi connectivity index (χ0) is 21.3. The molecule has 4 heteroatoms. The van der Waals surface area contributed by atoms with Crippen LogP contribution in [0.3, 0.4) is 0 Å². The number of allylic oxidation sites excluding steroid dienone is 2. The van der Waals surface area contributed by atoms with E-state index in [0.717, 1.165) is 48.1 Å². The van der Waals surface area contributed by atoms with Crippen molar-refractivity contribution in [3.8, 4) is 11.5 Å². The van der Waals surface area contributed by atoms with E-state index >= 15 is 0 Å². The van der Waals surface area contributed by atoms with Crippen molar-refractivity contribution in [3.05, 3.63) is 82.6 Å². The number of hydrogen-bond acceptors (Lipinski definition) is 4. The van der Waals surface area contributed by atoms with Crippen molar-refractivity contribution in [1.82, 2.24) is 4.90 Å². The van der Waals surface area contributed by atoms with Gasteiger partial charge in [0.2, 0.25) is 0 Å². The molecule has 2 aliphatic heterocycles. The van der Waals surface area contributed by atoms with Crippen LogP contribution in [0.2, 0.25) is 0 Å². The van der Waals surface area contributed by atoms with Crippen LogP contribution >= 0.6 is 0 Å². The predicted octanol–water partition coefficient (Wildman–Crippen LogP) is 4.78. The SMILES string of the molecule is COC1=CC=C2[C@@H]3Cc4ccc(OCc5ccccc5)c5c4[C@@]2(CCN3CC2CC2)[C@H]1O5. The van der Waals surface area contributed by atoms with Gasteiger partial charge in [-0.2, -0.15) is 0 Å². The molecule has 1 saturated carbocycles. The van der Waals surface area contributed by atoms with Crippen molar-refractivity contribution in [2.75, 3.05) is 20.2 Å². The Morgan fingerprint density at radius 3 is 2.78 bits per heavy atom. The Hall–Kier alpha value is -2.72. The van der Waals surface area contributed by atoms with Gasteiger partial charge in [-0.25, -0.2) is 0 Å². The molecule has 4 nitrogen and oxygen atoms in total. The predicted molar refractivity (Wildman–Crippen MR) is 123 cm³/mol. The first-order chi connectivity index (χ1) is 15.8. The topological polar surface area (TPSA) is 30.9 Å². The van der Waals surface area contributed by atoms with Crippen LogP contribution in [0.25, 0.3) is 0 Å². The Bertz CT molecular complexity index is 1130. The third-order valence-electron chi connectivity index (χ3n) is 8.21. The molecule has 0 radical (unpaired) electrons. The van der Waals surface area contributed by atoms with Crippen molar-refractivity contribution < 1.29 is 14.2 Å². The van der Waals surface area contributed by atoms with Crippen LogP contribution in [0.5, 0.6) is 11.5 Å². The fourth-order valence-electron chi connectivity index (χ4n) is 6.54. The fraction of sp³-hybridized carbons (Fsp3) is 0.429. The van der Waals surface area contributed by atoms with Gasteiger partial charge in [0.05, 0.1) is 12.5 Å². The van der Waals surface area contributed by atoms with Crippen LogP contribution in [0.4, 0.5) is 0 Å². The van der Waals surface area contributed by atoms with Crippen molar-refractivity contribution >= 4 is 0 Å². The summed E-state index contributed by atoms with van der Waals surface area (Å²) in [5, 5.41) is 0. The standard InChI is InChI=1S/C28H29NO3/c1-30-24-12-10-21-22-15-20-9-11-23(31-17-19-5-3-2-4-6-19)26-25(20)28(21,27(24)32-26)13-14-29(22)16-18-7-8-18/h2-6,9-12,18,22,27H,7-8,13-17H2,1H3/t22-,27-,28-/m0/s1. The average Bonchev–Trinajstić information content (AvgIpc) is 3.58. The normalized spacial score (nSPS) is 29.5. The summed E-state index contributed by atoms with van der Waals surface area (Å²) in [5.74, 6) is 3.62. The molecule has 0 aromatic heterocycles. The summed E-state index contributed by atoms with van der Waals surface area (Å²) in [7, 11) is 1.77. The lowest BCUT2D eigenvalue weighted by molar-refractivity contribution is 0.0622. The Kier molecular flexibility index (Phi) is 4.05. The molecule has 0 unspecified atom stereocenters. The summed E-state index contributed by atoms with van der Waals surface area (Å²) >= 11 is 0. The first kappa shape index (κ1) is 18.8. The molecule has 164 valence electrons. The van der Waals surface area contributed by atoms with Gasteiger partial charge in [0.25, 0.3) is 0 Å². The fourth-order valence-corrected chi connectivity index (χ4v) is 6.54. The molecule has 2 aromatic carbocycles. The average molecular weight is 428 g/mol. The number of nitrogens with zero attached hydrogens (tertiary/aromatic N) is 1. The van der Waals surface area contributed by atoms with Gasteiger partial charge >= 0.3 is 0 Å². The highest BCUT2D eigenvalue weighted by atomic mass is 16.6. The Morgan fingerprint density at radius 2 is 1.97 bits per heavy atom. The second kappa shape index (κ2) is 6.89. The van der Waals surface area contributed by atoms with E-state index in [1.54, 1.807) is 7.11 Å². The molecule has 1 spiro atoms. The molecular weight excluding hydrogens is 398 g/mol. The zero-order valence-corrected chi connectivity index (χ0v) is 18.5. The second-order valence-electron chi connectivity index (χ2n) is 9.97. The van der Waals surface area contributed by atoms with Crippen LogP contribution in [-0.4, -0.2) is 37.2 Å². The summed E-state index contributed by atoms with van der Waals surface area (Å²) in [6.45, 7) is 2.91. The number of methoxy groups -OCH3 is 1. The maximum absolute atomic E-state index is 6.75. The largest absolute Gasteiger partial charge is 0.497 e. The third-order valence-corrected chi connectivity index (χ3v) is 8.21. The Morgan fingerprint density at radius 1 is 1.09 bits per heavy atom. The molecule has 2 fully saturated rings. The first-order valence-corrected chi connectivity index (χ1v) is 12.0. The van der Waals surface area contributed by atoms with Gasteiger partial charge in [-0.05, 0) is 60.4 Å². The van der Waals surface area contributed by atoms with Crippen LogP contribution < -0.4 is 9.47 Å². The van der Waals surface area contributed by atoms with Gasteiger partial charge in [-0.1, -0.05) is 42.5 Å². The minimum Gasteiger partial charge on any atom is -0.497 e. The summed E-state index contributed by atoms with van der Waals surface area (Å²) in [5.41, 5.74) is 5.37. The van der Waals surface area contributed by atoms with E-state index in [9.17, 15) is 0 Å². The number of rotatable bonds is 6. The molecule has 5 aliphatic rings. The Balaban J connectivity index is 1.31. The van der Waals surface area contributed by atoms with E-state index in [1.165, 1.54) is 36.1 Å². The van der Waals surface area contributed by atoms with Crippen LogP contribution in [0.1, 0.15) is 36.0 Å². The molecule has 2 aromatic rings. The molecule has 3 atom stereocenters. The highest BCUT2D eigenvalue weighted by molar-refractivity contribution is 5.67. The summed E-state index contributed by atoms with van der Waals surface area (Å²) in [6, 6.07) is 15.2. The van der Waals surface area contributed by atoms with Gasteiger partial charge in [0.1, 0.15) is 12.4 Å². The molecule has 32 heavy (non-hydrogen) atoms. The number of hydrogen-bond donors (Lipinski definition) is 0. The van der Waals surface area contributed by atoms with Gasteiger partial charge < -0.3 is 14.2 Å². The second-order valence-corrected chi connectivity index (χ2v) is 9.97. The third kappa shape index (κ3) is 2.59. The van der Waals surface area contributed by atoms with Gasteiger partial charge in [-0.15, -0.1) is 0 Å². The maximum atomic E-state index is 6.75. The lowest BCUT2D eigenvalue weighted by Gasteiger charge is -2.53. The summed E-state index contributed by atoms with van der Waals surface area (Å²) in [6.07, 6.45) is 9.34. The minimum absolute atomic E-state index is 0.0893. The van der Waals surface area contributed by atoms with E-state index < -0.39 is 0 Å². The molecule has 1 saturated heterocycles. The van der Waals surface area contributed by atoms with E-state index in [-0.39, 0.29) is 11.5 Å². The lowest BCUT2D eigenvalue weighted by atomic mass is 9.57. The van der Waals surface area contributed by atoms with Gasteiger partial charge in [0, 0.05) is 24.7 Å². The van der Waals surface area contributed by atoms with Crippen LogP contribution in [0.15, 0.2) is 65.9 Å². The zero-order valence-electron chi connectivity index (χ0n) is 18.5. The highest BCUT2D eigenvalue weighted by Crippen LogP contribution is 2.62. The molecule has 0 amide bonds. The molecule has 2 heterocycles. The van der Waals surface area contributed by atoms with Crippen LogP contribution in [0, 0.1) is 5.92 Å². The number of piperidine rings is 1. The quantitative estimate of drug-likeness (QED) is 0.664. The van der Waals surface area contributed by atoms with Crippen molar-refractivity contribution in [2.24, 2.45) is 5.92 Å². The molecular formula is C28H29NO3. The number of ether oxygens (including phenoxy) is 3. The smallest absolute Gasteiger partial charge is 0.169 e. The van der Waals surface area contributed by atoms with E-state index in [0.29, 0.717) is 12.6 Å². The number of benzene rings is 2. The van der Waals surface area contributed by atoms with Crippen molar-refractivity contribution in [1.29, 1.82) is 0 Å². The lowest BCUT2D eigenvalue weighted by Crippen LogP contribution is -2.59. The highest BCUT2D eigenvalue weighted by Gasteiger charge is 2.62. The first-order valence-electron chi connectivity index (χ1n) is 12.0. The summed E-state index contributed by atoms with van der Waals surface area (Å²) in [4.78, 5) is 2.75. The van der Waals surface area contributed by atoms with E-state index in [4.69, 9.17) is 14.2 Å². The van der Waals surface area contributed by atoms with Crippen LogP contribution in [-0.2, 0) is 23.2 Å². The Labute approximate surface area is 189 Å². The molecule has 0 N–H and O–H groups in total. The number of likely N-dealkylation sites (tertiary alicyclic amines) is 1. The van der Waals surface area contributed by atoms with Gasteiger partial charge in [-0.3, -0.25) is 4.90 Å². The molecule has 3 aliphatic carbocycles. The monoisotopic (exact) mass is 427 g/mol. The van der Waals surface area contributed by atoms with Gasteiger partial charge in [0.15, 0.2) is 17.6 Å². The van der Waals surface area contributed by atoms with E-state index in [2.05, 4.69) is 53.5 Å². The van der Waals surface area contributed by atoms with Crippen molar-refractivity contribution in [3.63, 3.8) is 0 Å². The maximum Gasteiger partial charge on any atom is 0.169 e. The van der Waals surface area contributed by atoms with Crippen molar-refractivity contribution in [2.45, 2.75) is 49.9 Å². The molecule has 2 bridgehead atoms.